The van der Waals surface area contributed by atoms with Gasteiger partial charge in [0.1, 0.15) is 6.17 Å². The summed E-state index contributed by atoms with van der Waals surface area (Å²) in [5.74, 6) is -1.34. The zero-order chi connectivity index (χ0) is 30.8. The average Bonchev–Trinajstić information content (AvgIpc) is 3.01. The number of hydrogen-bond donors (Lipinski definition) is 5. The third kappa shape index (κ3) is 9.58. The van der Waals surface area contributed by atoms with Gasteiger partial charge in [-0.1, -0.05) is 31.4 Å². The lowest BCUT2D eigenvalue weighted by molar-refractivity contribution is -0.138. The second-order valence-electron chi connectivity index (χ2n) is 10.4. The summed E-state index contributed by atoms with van der Waals surface area (Å²) in [5.41, 5.74) is 2.57. The van der Waals surface area contributed by atoms with Crippen molar-refractivity contribution in [3.05, 3.63) is 59.2 Å². The third-order valence-electron chi connectivity index (χ3n) is 7.29. The number of nitrogens with zero attached hydrogens (tertiary/aromatic N) is 1. The minimum atomic E-state index is -4.72. The molecule has 5 N–H and O–H groups in total. The molecule has 0 aromatic heterocycles. The molecular weight excluding hydrogens is 585 g/mol. The van der Waals surface area contributed by atoms with Crippen molar-refractivity contribution in [3.63, 3.8) is 0 Å². The molecule has 1 atom stereocenters. The van der Waals surface area contributed by atoms with E-state index in [4.69, 9.17) is 4.74 Å². The highest BCUT2D eigenvalue weighted by atomic mass is 32.2. The number of carbonyl (C=O) groups is 3. The maximum absolute atomic E-state index is 13.5. The summed E-state index contributed by atoms with van der Waals surface area (Å²) in [6, 6.07) is 9.58. The first kappa shape index (κ1) is 32.6. The minimum absolute atomic E-state index is 0.0736. The number of urea groups is 1. The SMILES string of the molecule is CSc1ccc(CNN(C(=O)CNC(=O)c2cc(C(F)(F)F)ccc2NC(=O)NC2COCCN2)C2CCCCC2)cc1. The van der Waals surface area contributed by atoms with Gasteiger partial charge in [0.2, 0.25) is 0 Å². The molecular formula is C29H37F3N6O4S. The Morgan fingerprint density at radius 2 is 1.81 bits per heavy atom. The molecule has 10 nitrogen and oxygen atoms in total. The quantitative estimate of drug-likeness (QED) is 0.200. The highest BCUT2D eigenvalue weighted by Gasteiger charge is 2.32. The van der Waals surface area contributed by atoms with Gasteiger partial charge in [0, 0.05) is 24.0 Å². The van der Waals surface area contributed by atoms with Gasteiger partial charge in [-0.3, -0.25) is 19.9 Å². The highest BCUT2D eigenvalue weighted by molar-refractivity contribution is 7.98. The number of amides is 4. The number of hydrazine groups is 1. The van der Waals surface area contributed by atoms with Crippen LogP contribution in [0.4, 0.5) is 23.7 Å². The number of carbonyl (C=O) groups excluding carboxylic acids is 3. The molecule has 0 spiro atoms. The Bertz CT molecular complexity index is 1250. The van der Waals surface area contributed by atoms with E-state index in [0.29, 0.717) is 25.8 Å². The summed E-state index contributed by atoms with van der Waals surface area (Å²) in [6.07, 6.45) is 1.39. The van der Waals surface area contributed by atoms with Crippen LogP contribution in [0.15, 0.2) is 47.4 Å². The second-order valence-corrected chi connectivity index (χ2v) is 11.2. The number of nitrogens with one attached hydrogen (secondary N) is 5. The summed E-state index contributed by atoms with van der Waals surface area (Å²) in [5, 5.41) is 12.1. The first-order valence-corrected chi connectivity index (χ1v) is 15.4. The lowest BCUT2D eigenvalue weighted by Gasteiger charge is -2.34. The van der Waals surface area contributed by atoms with E-state index in [9.17, 15) is 27.6 Å². The number of ether oxygens (including phenoxy) is 1. The van der Waals surface area contributed by atoms with Crippen LogP contribution in [0.1, 0.15) is 53.6 Å². The van der Waals surface area contributed by atoms with Crippen molar-refractivity contribution in [2.24, 2.45) is 0 Å². The molecule has 0 radical (unpaired) electrons. The fraction of sp³-hybridized carbons (Fsp3) is 0.483. The average molecular weight is 623 g/mol. The predicted molar refractivity (Wildman–Crippen MR) is 157 cm³/mol. The van der Waals surface area contributed by atoms with Crippen LogP contribution in [0, 0.1) is 0 Å². The molecule has 4 amide bonds. The summed E-state index contributed by atoms with van der Waals surface area (Å²) in [4.78, 5) is 40.2. The first-order valence-electron chi connectivity index (χ1n) is 14.2. The van der Waals surface area contributed by atoms with Crippen molar-refractivity contribution < 1.29 is 32.3 Å². The molecule has 1 heterocycles. The second kappa shape index (κ2) is 15.4. The number of thioether (sulfide) groups is 1. The molecule has 2 aromatic rings. The van der Waals surface area contributed by atoms with Gasteiger partial charge < -0.3 is 20.7 Å². The van der Waals surface area contributed by atoms with Gasteiger partial charge in [-0.15, -0.1) is 11.8 Å². The number of morpholine rings is 1. The van der Waals surface area contributed by atoms with Crippen molar-refractivity contribution in [1.82, 2.24) is 26.4 Å². The Morgan fingerprint density at radius 1 is 1.07 bits per heavy atom. The Labute approximate surface area is 252 Å². The lowest BCUT2D eigenvalue weighted by atomic mass is 9.95. The summed E-state index contributed by atoms with van der Waals surface area (Å²) >= 11 is 1.63. The van der Waals surface area contributed by atoms with Crippen LogP contribution >= 0.6 is 11.8 Å². The van der Waals surface area contributed by atoms with Crippen LogP contribution in [0.5, 0.6) is 0 Å². The molecule has 0 bridgehead atoms. The van der Waals surface area contributed by atoms with Gasteiger partial charge in [-0.05, 0) is 55.0 Å². The van der Waals surface area contributed by atoms with Crippen LogP contribution in [0.3, 0.4) is 0 Å². The first-order chi connectivity index (χ1) is 20.6. The van der Waals surface area contributed by atoms with Gasteiger partial charge in [0.05, 0.1) is 36.6 Å². The van der Waals surface area contributed by atoms with Crippen molar-refractivity contribution >= 4 is 35.3 Å². The van der Waals surface area contributed by atoms with E-state index >= 15 is 0 Å². The van der Waals surface area contributed by atoms with E-state index in [1.165, 1.54) is 0 Å². The molecule has 1 aliphatic heterocycles. The molecule has 14 heteroatoms. The summed E-state index contributed by atoms with van der Waals surface area (Å²) in [6.45, 7) is 1.16. The van der Waals surface area contributed by atoms with Crippen molar-refractivity contribution in [2.45, 2.75) is 61.9 Å². The number of halogens is 3. The van der Waals surface area contributed by atoms with E-state index < -0.39 is 47.9 Å². The molecule has 1 unspecified atom stereocenters. The molecule has 4 rings (SSSR count). The Morgan fingerprint density at radius 3 is 2.47 bits per heavy atom. The maximum Gasteiger partial charge on any atom is 0.416 e. The van der Waals surface area contributed by atoms with Gasteiger partial charge in [0.15, 0.2) is 0 Å². The molecule has 2 aliphatic rings. The van der Waals surface area contributed by atoms with E-state index in [1.54, 1.807) is 16.8 Å². The minimum Gasteiger partial charge on any atom is -0.377 e. The molecule has 1 saturated heterocycles. The van der Waals surface area contributed by atoms with E-state index in [2.05, 4.69) is 26.7 Å². The topological polar surface area (TPSA) is 124 Å². The largest absolute Gasteiger partial charge is 0.416 e. The zero-order valence-corrected chi connectivity index (χ0v) is 24.7. The third-order valence-corrected chi connectivity index (χ3v) is 8.03. The number of benzene rings is 2. The number of anilines is 1. The van der Waals surface area contributed by atoms with Crippen molar-refractivity contribution in [1.29, 1.82) is 0 Å². The van der Waals surface area contributed by atoms with E-state index in [0.717, 1.165) is 54.7 Å². The molecule has 2 fully saturated rings. The van der Waals surface area contributed by atoms with Gasteiger partial charge in [-0.25, -0.2) is 10.2 Å². The zero-order valence-electron chi connectivity index (χ0n) is 23.9. The monoisotopic (exact) mass is 622 g/mol. The molecule has 234 valence electrons. The van der Waals surface area contributed by atoms with Gasteiger partial charge in [0.25, 0.3) is 11.8 Å². The van der Waals surface area contributed by atoms with Crippen LogP contribution in [0.25, 0.3) is 0 Å². The molecule has 1 saturated carbocycles. The van der Waals surface area contributed by atoms with Crippen LogP contribution in [-0.2, 0) is 22.3 Å². The normalized spacial score (nSPS) is 17.6. The van der Waals surface area contributed by atoms with Crippen molar-refractivity contribution in [2.75, 3.05) is 37.9 Å². The Balaban J connectivity index is 1.45. The van der Waals surface area contributed by atoms with Crippen molar-refractivity contribution in [3.8, 4) is 0 Å². The fourth-order valence-electron chi connectivity index (χ4n) is 5.01. The maximum atomic E-state index is 13.5. The number of alkyl halides is 3. The predicted octanol–water partition coefficient (Wildman–Crippen LogP) is 4.09. The van der Waals surface area contributed by atoms with Crippen LogP contribution in [0.2, 0.25) is 0 Å². The summed E-state index contributed by atoms with van der Waals surface area (Å²) in [7, 11) is 0. The van der Waals surface area contributed by atoms with Gasteiger partial charge in [-0.2, -0.15) is 13.2 Å². The number of hydrogen-bond acceptors (Lipinski definition) is 7. The smallest absolute Gasteiger partial charge is 0.377 e. The highest BCUT2D eigenvalue weighted by Crippen LogP contribution is 2.32. The Hall–Kier alpha value is -3.33. The fourth-order valence-corrected chi connectivity index (χ4v) is 5.42. The van der Waals surface area contributed by atoms with E-state index in [-0.39, 0.29) is 18.3 Å². The number of rotatable bonds is 10. The van der Waals surface area contributed by atoms with E-state index in [1.807, 2.05) is 30.5 Å². The Kier molecular flexibility index (Phi) is 11.7. The molecule has 43 heavy (non-hydrogen) atoms. The molecule has 1 aliphatic carbocycles. The molecule has 2 aromatic carbocycles. The summed E-state index contributed by atoms with van der Waals surface area (Å²) < 4.78 is 45.8. The van der Waals surface area contributed by atoms with Crippen LogP contribution < -0.4 is 26.7 Å². The van der Waals surface area contributed by atoms with Gasteiger partial charge >= 0.3 is 12.2 Å². The standard InChI is InChI=1S/C29H37F3N6O4S/c1-43-22-10-7-19(8-11-22)16-35-38(21-5-3-2-4-6-21)26(39)17-34-27(40)23-15-20(29(30,31)32)9-12-24(23)36-28(41)37-25-18-42-14-13-33-25/h7-12,15,21,25,33,35H,2-6,13-14,16-18H2,1H3,(H,34,40)(H2,36,37,41). The lowest BCUT2D eigenvalue weighted by Crippen LogP contribution is -2.53. The van der Waals surface area contributed by atoms with Crippen LogP contribution in [-0.4, -0.2) is 67.6 Å².